The molecule has 1 aromatic rings. The van der Waals surface area contributed by atoms with Gasteiger partial charge in [-0.1, -0.05) is 50.9 Å². The van der Waals surface area contributed by atoms with Crippen molar-refractivity contribution in [2.24, 2.45) is 11.8 Å². The predicted octanol–water partition coefficient (Wildman–Crippen LogP) is 3.98. The van der Waals surface area contributed by atoms with Gasteiger partial charge in [0.1, 0.15) is 6.04 Å². The zero-order valence-corrected chi connectivity index (χ0v) is 18.6. The Hall–Kier alpha value is -1.30. The predicted molar refractivity (Wildman–Crippen MR) is 115 cm³/mol. The van der Waals surface area contributed by atoms with Crippen LogP contribution >= 0.6 is 23.2 Å². The Morgan fingerprint density at radius 1 is 1.14 bits per heavy atom. The van der Waals surface area contributed by atoms with Crippen molar-refractivity contribution in [1.29, 1.82) is 0 Å². The molecule has 1 fully saturated rings. The van der Waals surface area contributed by atoms with Crippen molar-refractivity contribution < 1.29 is 9.59 Å². The standard InChI is InChI=1S/C21H31Cl2N3O2/c1-13(2)12-26-9-7-16(8-10-26)24-21(28)19(14(3)4)25-20(27)17-6-5-15(22)11-18(17)23/h5-6,11,13-14,16,19H,7-10,12H2,1-4H3,(H,24,28)(H,25,27). The van der Waals surface area contributed by atoms with Gasteiger partial charge in [0, 0.05) is 30.7 Å². The van der Waals surface area contributed by atoms with Crippen LogP contribution in [0.15, 0.2) is 18.2 Å². The second kappa shape index (κ2) is 10.5. The summed E-state index contributed by atoms with van der Waals surface area (Å²) in [5.74, 6) is 0.0837. The molecule has 1 heterocycles. The highest BCUT2D eigenvalue weighted by Gasteiger charge is 2.28. The second-order valence-corrected chi connectivity index (χ2v) is 9.14. The number of hydrogen-bond donors (Lipinski definition) is 2. The van der Waals surface area contributed by atoms with Crippen molar-refractivity contribution >= 4 is 35.0 Å². The number of likely N-dealkylation sites (tertiary alicyclic amines) is 1. The number of carbonyl (C=O) groups is 2. The van der Waals surface area contributed by atoms with Gasteiger partial charge < -0.3 is 15.5 Å². The maximum absolute atomic E-state index is 12.8. The number of nitrogens with one attached hydrogen (secondary N) is 2. The van der Waals surface area contributed by atoms with E-state index < -0.39 is 6.04 Å². The molecule has 28 heavy (non-hydrogen) atoms. The molecule has 0 radical (unpaired) electrons. The van der Waals surface area contributed by atoms with Crippen molar-refractivity contribution in [3.05, 3.63) is 33.8 Å². The Kier molecular flexibility index (Phi) is 8.59. The minimum absolute atomic E-state index is 0.0453. The molecule has 0 saturated carbocycles. The van der Waals surface area contributed by atoms with Crippen LogP contribution in [0.1, 0.15) is 50.9 Å². The van der Waals surface area contributed by atoms with E-state index in [-0.39, 0.29) is 28.8 Å². The van der Waals surface area contributed by atoms with Gasteiger partial charge in [0.05, 0.1) is 10.6 Å². The molecule has 1 aliphatic rings. The third-order valence-electron chi connectivity index (χ3n) is 4.97. The number of hydrogen-bond acceptors (Lipinski definition) is 3. The number of nitrogens with zero attached hydrogens (tertiary/aromatic N) is 1. The quantitative estimate of drug-likeness (QED) is 0.691. The van der Waals surface area contributed by atoms with E-state index in [2.05, 4.69) is 29.4 Å². The fourth-order valence-electron chi connectivity index (χ4n) is 3.49. The second-order valence-electron chi connectivity index (χ2n) is 8.30. The molecule has 1 unspecified atom stereocenters. The van der Waals surface area contributed by atoms with Gasteiger partial charge in [0.2, 0.25) is 5.91 Å². The van der Waals surface area contributed by atoms with Crippen LogP contribution in [0.3, 0.4) is 0 Å². The van der Waals surface area contributed by atoms with E-state index in [1.165, 1.54) is 6.07 Å². The van der Waals surface area contributed by atoms with Gasteiger partial charge in [0.15, 0.2) is 0 Å². The average molecular weight is 428 g/mol. The van der Waals surface area contributed by atoms with Crippen LogP contribution in [0.4, 0.5) is 0 Å². The summed E-state index contributed by atoms with van der Waals surface area (Å²) in [4.78, 5) is 27.9. The number of carbonyl (C=O) groups excluding carboxylic acids is 2. The van der Waals surface area contributed by atoms with Crippen molar-refractivity contribution in [1.82, 2.24) is 15.5 Å². The Morgan fingerprint density at radius 2 is 1.79 bits per heavy atom. The van der Waals surface area contributed by atoms with E-state index in [4.69, 9.17) is 23.2 Å². The molecule has 1 aromatic carbocycles. The van der Waals surface area contributed by atoms with Crippen LogP contribution in [0, 0.1) is 11.8 Å². The largest absolute Gasteiger partial charge is 0.351 e. The monoisotopic (exact) mass is 427 g/mol. The third-order valence-corrected chi connectivity index (χ3v) is 5.52. The summed E-state index contributed by atoms with van der Waals surface area (Å²) >= 11 is 12.0. The first kappa shape index (κ1) is 23.0. The van der Waals surface area contributed by atoms with Crippen LogP contribution in [0.25, 0.3) is 0 Å². The van der Waals surface area contributed by atoms with Crippen LogP contribution < -0.4 is 10.6 Å². The summed E-state index contributed by atoms with van der Waals surface area (Å²) in [6.45, 7) is 11.3. The van der Waals surface area contributed by atoms with Gasteiger partial charge >= 0.3 is 0 Å². The van der Waals surface area contributed by atoms with Crippen molar-refractivity contribution in [2.75, 3.05) is 19.6 Å². The molecule has 5 nitrogen and oxygen atoms in total. The van der Waals surface area contributed by atoms with Gasteiger partial charge in [0.25, 0.3) is 5.91 Å². The first-order valence-corrected chi connectivity index (χ1v) is 10.7. The first-order valence-electron chi connectivity index (χ1n) is 9.96. The lowest BCUT2D eigenvalue weighted by atomic mass is 9.99. The summed E-state index contributed by atoms with van der Waals surface area (Å²) in [7, 11) is 0. The van der Waals surface area contributed by atoms with Gasteiger partial charge in [-0.2, -0.15) is 0 Å². The molecule has 1 atom stereocenters. The van der Waals surface area contributed by atoms with Gasteiger partial charge in [-0.25, -0.2) is 0 Å². The van der Waals surface area contributed by atoms with E-state index >= 15 is 0 Å². The fraction of sp³-hybridized carbons (Fsp3) is 0.619. The van der Waals surface area contributed by atoms with Gasteiger partial charge in [-0.3, -0.25) is 9.59 Å². The van der Waals surface area contributed by atoms with E-state index in [1.54, 1.807) is 12.1 Å². The molecule has 1 aliphatic heterocycles. The maximum atomic E-state index is 12.8. The van der Waals surface area contributed by atoms with Crippen LogP contribution in [-0.4, -0.2) is 48.4 Å². The summed E-state index contributed by atoms with van der Waals surface area (Å²) < 4.78 is 0. The van der Waals surface area contributed by atoms with Crippen molar-refractivity contribution in [3.8, 4) is 0 Å². The van der Waals surface area contributed by atoms with Crippen molar-refractivity contribution in [3.63, 3.8) is 0 Å². The first-order chi connectivity index (χ1) is 13.2. The molecule has 7 heteroatoms. The lowest BCUT2D eigenvalue weighted by Crippen LogP contribution is -2.54. The maximum Gasteiger partial charge on any atom is 0.253 e. The van der Waals surface area contributed by atoms with E-state index in [0.717, 1.165) is 32.5 Å². The normalized spacial score (nSPS) is 17.0. The Balaban J connectivity index is 1.94. The zero-order chi connectivity index (χ0) is 20.8. The average Bonchev–Trinajstić information content (AvgIpc) is 2.60. The minimum Gasteiger partial charge on any atom is -0.351 e. The van der Waals surface area contributed by atoms with E-state index in [9.17, 15) is 9.59 Å². The van der Waals surface area contributed by atoms with Crippen LogP contribution in [0.5, 0.6) is 0 Å². The fourth-order valence-corrected chi connectivity index (χ4v) is 3.99. The highest BCUT2D eigenvalue weighted by Crippen LogP contribution is 2.21. The molecule has 2 N–H and O–H groups in total. The molecule has 0 spiro atoms. The van der Waals surface area contributed by atoms with Crippen LogP contribution in [0.2, 0.25) is 10.0 Å². The Morgan fingerprint density at radius 3 is 2.32 bits per heavy atom. The lowest BCUT2D eigenvalue weighted by Gasteiger charge is -2.34. The topological polar surface area (TPSA) is 61.4 Å². The summed E-state index contributed by atoms with van der Waals surface area (Å²) in [6, 6.07) is 4.23. The number of piperidine rings is 1. The number of amides is 2. The van der Waals surface area contributed by atoms with Crippen LogP contribution in [-0.2, 0) is 4.79 Å². The Labute approximate surface area is 178 Å². The molecule has 1 saturated heterocycles. The third kappa shape index (κ3) is 6.64. The smallest absolute Gasteiger partial charge is 0.253 e. The number of benzene rings is 1. The van der Waals surface area contributed by atoms with Gasteiger partial charge in [-0.15, -0.1) is 0 Å². The van der Waals surface area contributed by atoms with E-state index in [1.807, 2.05) is 13.8 Å². The van der Waals surface area contributed by atoms with E-state index in [0.29, 0.717) is 16.5 Å². The highest BCUT2D eigenvalue weighted by molar-refractivity contribution is 6.36. The van der Waals surface area contributed by atoms with Gasteiger partial charge in [-0.05, 0) is 42.9 Å². The molecular weight excluding hydrogens is 397 g/mol. The Bertz CT molecular complexity index is 686. The van der Waals surface area contributed by atoms with Crippen molar-refractivity contribution in [2.45, 2.75) is 52.6 Å². The molecule has 2 rings (SSSR count). The molecule has 0 bridgehead atoms. The minimum atomic E-state index is -0.618. The number of halogens is 2. The lowest BCUT2D eigenvalue weighted by molar-refractivity contribution is -0.125. The summed E-state index contributed by atoms with van der Waals surface area (Å²) in [5, 5.41) is 6.68. The SMILES string of the molecule is CC(C)CN1CCC(NC(=O)C(NC(=O)c2ccc(Cl)cc2Cl)C(C)C)CC1. The molecule has 2 amide bonds. The summed E-state index contributed by atoms with van der Waals surface area (Å²) in [5.41, 5.74) is 0.312. The molecule has 0 aliphatic carbocycles. The molecule has 156 valence electrons. The summed E-state index contributed by atoms with van der Waals surface area (Å²) in [6.07, 6.45) is 1.86. The number of rotatable bonds is 7. The highest BCUT2D eigenvalue weighted by atomic mass is 35.5. The zero-order valence-electron chi connectivity index (χ0n) is 17.1. The molecule has 0 aromatic heterocycles. The molecular formula is C21H31Cl2N3O2.